The Morgan fingerprint density at radius 2 is 2.08 bits per heavy atom. The third kappa shape index (κ3) is 6.97. The van der Waals surface area contributed by atoms with E-state index in [1.165, 1.54) is 5.57 Å². The van der Waals surface area contributed by atoms with Crippen molar-refractivity contribution >= 4 is 29.9 Å². The van der Waals surface area contributed by atoms with Crippen molar-refractivity contribution in [2.75, 3.05) is 26.3 Å². The van der Waals surface area contributed by atoms with E-state index in [9.17, 15) is 0 Å². The topological polar surface area (TPSA) is 71.7 Å². The lowest BCUT2D eigenvalue weighted by molar-refractivity contribution is 0.153. The molecular formula is C18H31IN4O2. The molecule has 7 heteroatoms. The molecule has 1 aromatic rings. The van der Waals surface area contributed by atoms with Crippen LogP contribution in [0.5, 0.6) is 0 Å². The molecule has 0 unspecified atom stereocenters. The Morgan fingerprint density at radius 1 is 1.24 bits per heavy atom. The van der Waals surface area contributed by atoms with E-state index in [-0.39, 0.29) is 24.0 Å². The number of aryl methyl sites for hydroxylation is 2. The summed E-state index contributed by atoms with van der Waals surface area (Å²) in [5.41, 5.74) is 3.60. The summed E-state index contributed by atoms with van der Waals surface area (Å²) in [6, 6.07) is 0. The van der Waals surface area contributed by atoms with Crippen molar-refractivity contribution < 1.29 is 9.26 Å². The minimum atomic E-state index is 0. The summed E-state index contributed by atoms with van der Waals surface area (Å²) in [4.78, 5) is 4.71. The number of halogens is 1. The molecule has 0 fully saturated rings. The predicted octanol–water partition coefficient (Wildman–Crippen LogP) is 3.21. The Hall–Kier alpha value is -1.09. The van der Waals surface area contributed by atoms with Gasteiger partial charge in [0.1, 0.15) is 5.76 Å². The molecule has 25 heavy (non-hydrogen) atoms. The zero-order valence-corrected chi connectivity index (χ0v) is 17.9. The molecule has 0 bridgehead atoms. The molecule has 0 saturated carbocycles. The number of aliphatic imine (C=N–C) groups is 1. The molecule has 6 nitrogen and oxygen atoms in total. The predicted molar refractivity (Wildman–Crippen MR) is 112 cm³/mol. The van der Waals surface area contributed by atoms with Gasteiger partial charge in [-0.25, -0.2) is 4.99 Å². The maximum absolute atomic E-state index is 5.41. The minimum absolute atomic E-state index is 0. The molecule has 1 aromatic heterocycles. The van der Waals surface area contributed by atoms with Gasteiger partial charge >= 0.3 is 0 Å². The van der Waals surface area contributed by atoms with Crippen LogP contribution in [0.15, 0.2) is 21.2 Å². The van der Waals surface area contributed by atoms with Crippen molar-refractivity contribution in [3.8, 4) is 0 Å². The van der Waals surface area contributed by atoms with Crippen LogP contribution in [0.4, 0.5) is 0 Å². The second-order valence-electron chi connectivity index (χ2n) is 5.80. The van der Waals surface area contributed by atoms with E-state index in [0.717, 1.165) is 75.0 Å². The first-order chi connectivity index (χ1) is 11.8. The summed E-state index contributed by atoms with van der Waals surface area (Å²) in [5.74, 6) is 1.79. The molecule has 0 radical (unpaired) electrons. The second kappa shape index (κ2) is 12.3. The zero-order chi connectivity index (χ0) is 17.2. The number of aromatic nitrogens is 1. The highest BCUT2D eigenvalue weighted by molar-refractivity contribution is 14.0. The first-order valence-corrected chi connectivity index (χ1v) is 9.02. The van der Waals surface area contributed by atoms with E-state index in [2.05, 4.69) is 42.6 Å². The summed E-state index contributed by atoms with van der Waals surface area (Å²) in [6.45, 7) is 10.2. The lowest BCUT2D eigenvalue weighted by Crippen LogP contribution is -2.38. The Bertz CT molecular complexity index is 548. The molecular weight excluding hydrogens is 431 g/mol. The summed E-state index contributed by atoms with van der Waals surface area (Å²) < 4.78 is 10.8. The molecule has 2 rings (SSSR count). The van der Waals surface area contributed by atoms with Crippen LogP contribution in [0, 0.1) is 0 Å². The largest absolute Gasteiger partial charge is 0.377 e. The second-order valence-corrected chi connectivity index (χ2v) is 5.80. The lowest BCUT2D eigenvalue weighted by Gasteiger charge is -2.15. The maximum Gasteiger partial charge on any atom is 0.191 e. The molecule has 1 aliphatic rings. The van der Waals surface area contributed by atoms with Gasteiger partial charge in [0.15, 0.2) is 5.96 Å². The monoisotopic (exact) mass is 462 g/mol. The number of guanidine groups is 1. The van der Waals surface area contributed by atoms with E-state index in [4.69, 9.17) is 14.3 Å². The Balaban J connectivity index is 0.00000312. The zero-order valence-electron chi connectivity index (χ0n) is 15.6. The van der Waals surface area contributed by atoms with Crippen LogP contribution in [0.25, 0.3) is 0 Å². The van der Waals surface area contributed by atoms with Crippen LogP contribution < -0.4 is 10.6 Å². The normalized spacial score (nSPS) is 14.7. The van der Waals surface area contributed by atoms with Gasteiger partial charge in [-0.05, 0) is 26.2 Å². The van der Waals surface area contributed by atoms with E-state index in [0.29, 0.717) is 6.54 Å². The van der Waals surface area contributed by atoms with Gasteiger partial charge in [-0.15, -0.1) is 24.0 Å². The number of hydrogen-bond donors (Lipinski definition) is 2. The molecule has 2 heterocycles. The van der Waals surface area contributed by atoms with E-state index in [1.54, 1.807) is 0 Å². The first kappa shape index (κ1) is 22.0. The SMILES string of the molecule is CCNC(=NCc1c(CC)noc1CC)NCCC1=CCOCC1.I. The molecule has 0 amide bonds. The van der Waals surface area contributed by atoms with E-state index < -0.39 is 0 Å². The lowest BCUT2D eigenvalue weighted by atomic mass is 10.1. The van der Waals surface area contributed by atoms with Crippen LogP contribution in [0.3, 0.4) is 0 Å². The van der Waals surface area contributed by atoms with Crippen LogP contribution in [0.1, 0.15) is 50.6 Å². The molecule has 0 aliphatic carbocycles. The molecule has 142 valence electrons. The van der Waals surface area contributed by atoms with Crippen molar-refractivity contribution in [3.63, 3.8) is 0 Å². The smallest absolute Gasteiger partial charge is 0.191 e. The highest BCUT2D eigenvalue weighted by Gasteiger charge is 2.13. The minimum Gasteiger partial charge on any atom is -0.377 e. The fourth-order valence-corrected chi connectivity index (χ4v) is 2.75. The average molecular weight is 462 g/mol. The number of hydrogen-bond acceptors (Lipinski definition) is 4. The highest BCUT2D eigenvalue weighted by atomic mass is 127. The van der Waals surface area contributed by atoms with Gasteiger partial charge in [-0.1, -0.05) is 30.7 Å². The third-order valence-corrected chi connectivity index (χ3v) is 4.14. The van der Waals surface area contributed by atoms with Crippen molar-refractivity contribution in [2.45, 2.75) is 53.0 Å². The summed E-state index contributed by atoms with van der Waals surface area (Å²) >= 11 is 0. The van der Waals surface area contributed by atoms with Crippen LogP contribution >= 0.6 is 24.0 Å². The highest BCUT2D eigenvalue weighted by Crippen LogP contribution is 2.16. The molecule has 0 saturated heterocycles. The fourth-order valence-electron chi connectivity index (χ4n) is 2.75. The van der Waals surface area contributed by atoms with Gasteiger partial charge in [0.25, 0.3) is 0 Å². The molecule has 0 atom stereocenters. The quantitative estimate of drug-likeness (QED) is 0.269. The van der Waals surface area contributed by atoms with Crippen LogP contribution in [0.2, 0.25) is 0 Å². The average Bonchev–Trinajstić information content (AvgIpc) is 3.02. The van der Waals surface area contributed by atoms with Crippen molar-refractivity contribution in [1.29, 1.82) is 0 Å². The van der Waals surface area contributed by atoms with E-state index >= 15 is 0 Å². The van der Waals surface area contributed by atoms with Crippen LogP contribution in [-0.2, 0) is 24.1 Å². The van der Waals surface area contributed by atoms with Crippen molar-refractivity contribution in [2.24, 2.45) is 4.99 Å². The Kier molecular flexibility index (Phi) is 10.8. The molecule has 0 spiro atoms. The summed E-state index contributed by atoms with van der Waals surface area (Å²) in [6.07, 6.45) is 5.97. The van der Waals surface area contributed by atoms with Crippen LogP contribution in [-0.4, -0.2) is 37.4 Å². The van der Waals surface area contributed by atoms with Gasteiger partial charge in [0.2, 0.25) is 0 Å². The standard InChI is InChI=1S/C18H30N4O2.HI/c1-4-16-15(17(5-2)24-22-16)13-21-18(19-6-3)20-10-7-14-8-11-23-12-9-14;/h8H,4-7,9-13H2,1-3H3,(H2,19,20,21);1H. The van der Waals surface area contributed by atoms with E-state index in [1.807, 2.05) is 0 Å². The molecule has 2 N–H and O–H groups in total. The molecule has 0 aromatic carbocycles. The number of nitrogens with zero attached hydrogens (tertiary/aromatic N) is 2. The Morgan fingerprint density at radius 3 is 2.72 bits per heavy atom. The number of nitrogens with one attached hydrogen (secondary N) is 2. The van der Waals surface area contributed by atoms with Gasteiger partial charge in [0, 0.05) is 25.1 Å². The summed E-state index contributed by atoms with van der Waals surface area (Å²) in [5, 5.41) is 10.9. The third-order valence-electron chi connectivity index (χ3n) is 4.14. The van der Waals surface area contributed by atoms with Gasteiger partial charge in [-0.2, -0.15) is 0 Å². The van der Waals surface area contributed by atoms with Gasteiger partial charge in [0.05, 0.1) is 25.5 Å². The maximum atomic E-state index is 5.41. The summed E-state index contributed by atoms with van der Waals surface area (Å²) in [7, 11) is 0. The fraction of sp³-hybridized carbons (Fsp3) is 0.667. The molecule has 1 aliphatic heterocycles. The number of rotatable bonds is 8. The number of ether oxygens (including phenoxy) is 1. The van der Waals surface area contributed by atoms with Gasteiger partial charge in [-0.3, -0.25) is 0 Å². The Labute approximate surface area is 167 Å². The first-order valence-electron chi connectivity index (χ1n) is 9.02. The van der Waals surface area contributed by atoms with Crippen molar-refractivity contribution in [3.05, 3.63) is 28.7 Å². The van der Waals surface area contributed by atoms with Gasteiger partial charge < -0.3 is 19.9 Å². The van der Waals surface area contributed by atoms with Crippen molar-refractivity contribution in [1.82, 2.24) is 15.8 Å².